The van der Waals surface area contributed by atoms with Gasteiger partial charge < -0.3 is 9.32 Å². The number of hydrogen-bond acceptors (Lipinski definition) is 4. The van der Waals surface area contributed by atoms with Gasteiger partial charge >= 0.3 is 0 Å². The molecule has 1 fully saturated rings. The quantitative estimate of drug-likeness (QED) is 0.755. The molecule has 18 heavy (non-hydrogen) atoms. The van der Waals surface area contributed by atoms with Crippen LogP contribution < -0.4 is 0 Å². The Bertz CT molecular complexity index is 539. The van der Waals surface area contributed by atoms with Crippen LogP contribution in [0.15, 0.2) is 41.3 Å². The molecule has 0 atom stereocenters. The molecule has 3 heterocycles. The highest BCUT2D eigenvalue weighted by Gasteiger charge is 2.31. The second kappa shape index (κ2) is 4.48. The van der Waals surface area contributed by atoms with Crippen LogP contribution in [0.4, 0.5) is 0 Å². The minimum Gasteiger partial charge on any atom is -0.465 e. The monoisotopic (exact) mass is 244 g/mol. The summed E-state index contributed by atoms with van der Waals surface area (Å²) in [5.41, 5.74) is 0. The number of likely N-dealkylation sites (tertiary alicyclic amines) is 1. The van der Waals surface area contributed by atoms with Gasteiger partial charge in [0.15, 0.2) is 0 Å². The van der Waals surface area contributed by atoms with Crippen LogP contribution in [0.3, 0.4) is 0 Å². The van der Waals surface area contributed by atoms with Crippen LogP contribution in [0.1, 0.15) is 11.8 Å². The van der Waals surface area contributed by atoms with Crippen molar-refractivity contribution < 1.29 is 9.21 Å². The number of carbonyl (C=O) groups is 1. The van der Waals surface area contributed by atoms with Gasteiger partial charge in [-0.1, -0.05) is 0 Å². The smallest absolute Gasteiger partial charge is 0.246 e. The molecule has 0 saturated carbocycles. The molecule has 3 rings (SSSR count). The topological polar surface area (TPSA) is 64.2 Å². The van der Waals surface area contributed by atoms with E-state index in [2.05, 4.69) is 10.2 Å². The van der Waals surface area contributed by atoms with E-state index >= 15 is 0 Å². The lowest BCUT2D eigenvalue weighted by molar-refractivity contribution is -0.131. The Labute approximate surface area is 103 Å². The molecule has 1 saturated heterocycles. The molecule has 1 aliphatic heterocycles. The van der Waals surface area contributed by atoms with E-state index in [1.54, 1.807) is 46.6 Å². The minimum absolute atomic E-state index is 0.0187. The second-order valence-corrected chi connectivity index (χ2v) is 4.10. The van der Waals surface area contributed by atoms with Crippen molar-refractivity contribution in [2.75, 3.05) is 13.1 Å². The molecule has 0 aliphatic carbocycles. The Kier molecular flexibility index (Phi) is 2.68. The number of carbonyl (C=O) groups excluding carboxylic acids is 1. The summed E-state index contributed by atoms with van der Waals surface area (Å²) in [4.78, 5) is 15.2. The summed E-state index contributed by atoms with van der Waals surface area (Å²) in [7, 11) is 0. The third-order valence-electron chi connectivity index (χ3n) is 2.87. The number of aromatic nitrogens is 3. The predicted molar refractivity (Wildman–Crippen MR) is 63.4 cm³/mol. The molecule has 0 radical (unpaired) electrons. The fourth-order valence-corrected chi connectivity index (χ4v) is 1.84. The lowest BCUT2D eigenvalue weighted by atomic mass is 10.1. The number of amides is 1. The van der Waals surface area contributed by atoms with Crippen LogP contribution in [-0.2, 0) is 4.79 Å². The largest absolute Gasteiger partial charge is 0.465 e. The molecule has 2 aromatic heterocycles. The zero-order valence-corrected chi connectivity index (χ0v) is 9.64. The van der Waals surface area contributed by atoms with Crippen LogP contribution >= 0.6 is 0 Å². The summed E-state index contributed by atoms with van der Waals surface area (Å²) >= 11 is 0. The van der Waals surface area contributed by atoms with Crippen molar-refractivity contribution in [2.24, 2.45) is 0 Å². The van der Waals surface area contributed by atoms with Gasteiger partial charge in [0.1, 0.15) is 11.8 Å². The molecule has 1 aliphatic rings. The zero-order chi connectivity index (χ0) is 12.4. The van der Waals surface area contributed by atoms with Gasteiger partial charge in [-0.3, -0.25) is 4.79 Å². The lowest BCUT2D eigenvalue weighted by Gasteiger charge is -2.37. The fraction of sp³-hybridized carbons (Fsp3) is 0.250. The highest BCUT2D eigenvalue weighted by molar-refractivity contribution is 5.92. The molecule has 92 valence electrons. The van der Waals surface area contributed by atoms with Gasteiger partial charge in [0.05, 0.1) is 18.7 Å². The first-order valence-electron chi connectivity index (χ1n) is 5.69. The second-order valence-electron chi connectivity index (χ2n) is 4.10. The van der Waals surface area contributed by atoms with Gasteiger partial charge in [-0.2, -0.15) is 15.0 Å². The first-order chi connectivity index (χ1) is 8.83. The Balaban J connectivity index is 1.54. The van der Waals surface area contributed by atoms with Crippen molar-refractivity contribution in [3.8, 4) is 0 Å². The maximum Gasteiger partial charge on any atom is 0.246 e. The first kappa shape index (κ1) is 10.8. The third kappa shape index (κ3) is 2.04. The van der Waals surface area contributed by atoms with E-state index in [0.29, 0.717) is 18.8 Å². The molecular formula is C12H12N4O2. The maximum absolute atomic E-state index is 11.8. The van der Waals surface area contributed by atoms with Crippen molar-refractivity contribution in [3.63, 3.8) is 0 Å². The van der Waals surface area contributed by atoms with E-state index in [1.807, 2.05) is 0 Å². The molecular weight excluding hydrogens is 232 g/mol. The van der Waals surface area contributed by atoms with Crippen LogP contribution in [0.2, 0.25) is 0 Å². The summed E-state index contributed by atoms with van der Waals surface area (Å²) in [5, 5.41) is 8.11. The Morgan fingerprint density at radius 2 is 2.17 bits per heavy atom. The van der Waals surface area contributed by atoms with Crippen LogP contribution in [0.25, 0.3) is 6.08 Å². The minimum atomic E-state index is -0.0187. The third-order valence-corrected chi connectivity index (χ3v) is 2.87. The molecule has 1 amide bonds. The molecule has 6 nitrogen and oxygen atoms in total. The normalized spacial score (nSPS) is 16.1. The molecule has 0 aromatic carbocycles. The van der Waals surface area contributed by atoms with Gasteiger partial charge in [0.2, 0.25) is 5.91 Å². The van der Waals surface area contributed by atoms with E-state index in [9.17, 15) is 4.79 Å². The Hall–Kier alpha value is -2.37. The molecule has 0 N–H and O–H groups in total. The lowest BCUT2D eigenvalue weighted by Crippen LogP contribution is -2.50. The van der Waals surface area contributed by atoms with E-state index in [-0.39, 0.29) is 11.9 Å². The summed E-state index contributed by atoms with van der Waals surface area (Å²) in [6.07, 6.45) is 8.04. The molecule has 2 aromatic rings. The summed E-state index contributed by atoms with van der Waals surface area (Å²) in [6, 6.07) is 3.78. The number of nitrogens with zero attached hydrogens (tertiary/aromatic N) is 4. The zero-order valence-electron chi connectivity index (χ0n) is 9.64. The van der Waals surface area contributed by atoms with Gasteiger partial charge in [-0.05, 0) is 18.2 Å². The standard InChI is InChI=1S/C12H12N4O2/c17-12(4-3-11-2-1-7-18-11)15-8-10(9-15)16-13-5-6-14-16/h1-7,10H,8-9H2/b4-3+. The first-order valence-corrected chi connectivity index (χ1v) is 5.69. The van der Waals surface area contributed by atoms with Crippen molar-refractivity contribution >= 4 is 12.0 Å². The fourth-order valence-electron chi connectivity index (χ4n) is 1.84. The highest BCUT2D eigenvalue weighted by Crippen LogP contribution is 2.19. The summed E-state index contributed by atoms with van der Waals surface area (Å²) in [6.45, 7) is 1.30. The maximum atomic E-state index is 11.8. The SMILES string of the molecule is O=C(/C=C/c1ccco1)N1CC(n2nccn2)C1. The Morgan fingerprint density at radius 1 is 1.39 bits per heavy atom. The number of furan rings is 1. The van der Waals surface area contributed by atoms with Gasteiger partial charge in [-0.25, -0.2) is 0 Å². The highest BCUT2D eigenvalue weighted by atomic mass is 16.3. The Morgan fingerprint density at radius 3 is 2.83 bits per heavy atom. The number of hydrogen-bond donors (Lipinski definition) is 0. The molecule has 0 spiro atoms. The number of rotatable bonds is 3. The molecule has 0 bridgehead atoms. The van der Waals surface area contributed by atoms with Gasteiger partial charge in [0, 0.05) is 19.2 Å². The van der Waals surface area contributed by atoms with E-state index in [4.69, 9.17) is 4.42 Å². The predicted octanol–water partition coefficient (Wildman–Crippen LogP) is 0.968. The van der Waals surface area contributed by atoms with Crippen LogP contribution in [0.5, 0.6) is 0 Å². The van der Waals surface area contributed by atoms with Crippen LogP contribution in [-0.4, -0.2) is 38.9 Å². The van der Waals surface area contributed by atoms with Crippen LogP contribution in [0, 0.1) is 0 Å². The average Bonchev–Trinajstić information content (AvgIpc) is 2.97. The van der Waals surface area contributed by atoms with E-state index < -0.39 is 0 Å². The van der Waals surface area contributed by atoms with Crippen molar-refractivity contribution in [1.82, 2.24) is 19.9 Å². The molecule has 0 unspecified atom stereocenters. The molecule has 6 heteroatoms. The van der Waals surface area contributed by atoms with Crippen molar-refractivity contribution in [1.29, 1.82) is 0 Å². The average molecular weight is 244 g/mol. The van der Waals surface area contributed by atoms with Crippen molar-refractivity contribution in [3.05, 3.63) is 42.6 Å². The van der Waals surface area contributed by atoms with E-state index in [0.717, 1.165) is 0 Å². The van der Waals surface area contributed by atoms with Gasteiger partial charge in [-0.15, -0.1) is 0 Å². The van der Waals surface area contributed by atoms with E-state index in [1.165, 1.54) is 6.08 Å². The summed E-state index contributed by atoms with van der Waals surface area (Å²) in [5.74, 6) is 0.656. The van der Waals surface area contributed by atoms with Gasteiger partial charge in [0.25, 0.3) is 0 Å². The van der Waals surface area contributed by atoms with Crippen molar-refractivity contribution in [2.45, 2.75) is 6.04 Å². The summed E-state index contributed by atoms with van der Waals surface area (Å²) < 4.78 is 5.11.